The van der Waals surface area contributed by atoms with Crippen LogP contribution in [0.2, 0.25) is 0 Å². The topological polar surface area (TPSA) is 62.4 Å². The normalized spacial score (nSPS) is 26.2. The summed E-state index contributed by atoms with van der Waals surface area (Å²) in [6, 6.07) is 3.75. The van der Waals surface area contributed by atoms with Crippen LogP contribution in [0, 0.1) is 11.3 Å². The second-order valence-corrected chi connectivity index (χ2v) is 5.39. The predicted octanol–water partition coefficient (Wildman–Crippen LogP) is 1.26. The summed E-state index contributed by atoms with van der Waals surface area (Å²) in [5, 5.41) is 9.52. The highest BCUT2D eigenvalue weighted by Crippen LogP contribution is 2.52. The molecule has 1 aromatic rings. The van der Waals surface area contributed by atoms with Crippen LogP contribution in [-0.2, 0) is 0 Å². The monoisotopic (exact) mass is 233 g/mol. The summed E-state index contributed by atoms with van der Waals surface area (Å²) < 4.78 is 0. The van der Waals surface area contributed by atoms with E-state index in [4.69, 9.17) is 5.73 Å². The van der Waals surface area contributed by atoms with Gasteiger partial charge in [-0.3, -0.25) is 0 Å². The molecule has 3 N–H and O–H groups in total. The van der Waals surface area contributed by atoms with E-state index in [1.807, 2.05) is 12.1 Å². The number of aromatic nitrogens is 1. The van der Waals surface area contributed by atoms with Gasteiger partial charge in [-0.1, -0.05) is 6.42 Å². The number of pyridine rings is 1. The average molecular weight is 233 g/mol. The van der Waals surface area contributed by atoms with Gasteiger partial charge in [-0.15, -0.1) is 0 Å². The molecule has 0 aromatic carbocycles. The molecule has 4 heteroatoms. The first kappa shape index (κ1) is 10.8. The Morgan fingerprint density at radius 3 is 2.88 bits per heavy atom. The molecule has 1 saturated carbocycles. The molecule has 0 bridgehead atoms. The highest BCUT2D eigenvalue weighted by molar-refractivity contribution is 5.63. The lowest BCUT2D eigenvalue weighted by Crippen LogP contribution is -2.39. The lowest BCUT2D eigenvalue weighted by Gasteiger charge is -2.42. The third-order valence-electron chi connectivity index (χ3n) is 4.50. The fourth-order valence-corrected chi connectivity index (χ4v) is 3.32. The number of rotatable bonds is 2. The average Bonchev–Trinajstić information content (AvgIpc) is 2.69. The molecular weight excluding hydrogens is 214 g/mol. The van der Waals surface area contributed by atoms with E-state index in [1.165, 1.54) is 19.3 Å². The van der Waals surface area contributed by atoms with Gasteiger partial charge in [0.05, 0.1) is 5.69 Å². The minimum absolute atomic E-state index is 0.281. The number of nitrogens with zero attached hydrogens (tertiary/aromatic N) is 2. The van der Waals surface area contributed by atoms with Gasteiger partial charge in [-0.2, -0.15) is 0 Å². The van der Waals surface area contributed by atoms with Gasteiger partial charge in [0.25, 0.3) is 0 Å². The third-order valence-corrected chi connectivity index (χ3v) is 4.50. The van der Waals surface area contributed by atoms with Crippen molar-refractivity contribution in [2.45, 2.75) is 19.3 Å². The smallest absolute Gasteiger partial charge is 0.151 e. The zero-order valence-corrected chi connectivity index (χ0v) is 9.97. The number of nitrogen functional groups attached to an aromatic ring is 1. The van der Waals surface area contributed by atoms with Gasteiger partial charge in [0.2, 0.25) is 0 Å². The number of aliphatic hydroxyl groups is 1. The fraction of sp³-hybridized carbons (Fsp3) is 0.615. The van der Waals surface area contributed by atoms with Crippen molar-refractivity contribution in [2.75, 3.05) is 30.3 Å². The lowest BCUT2D eigenvalue weighted by atomic mass is 9.63. The van der Waals surface area contributed by atoms with E-state index in [1.54, 1.807) is 6.20 Å². The molecule has 92 valence electrons. The van der Waals surface area contributed by atoms with Crippen molar-refractivity contribution in [3.05, 3.63) is 18.3 Å². The largest absolute Gasteiger partial charge is 0.396 e. The Morgan fingerprint density at radius 2 is 2.35 bits per heavy atom. The molecule has 0 amide bonds. The number of anilines is 2. The van der Waals surface area contributed by atoms with Crippen LogP contribution < -0.4 is 10.6 Å². The Labute approximate surface area is 101 Å². The maximum Gasteiger partial charge on any atom is 0.151 e. The number of hydrogen-bond acceptors (Lipinski definition) is 4. The Kier molecular flexibility index (Phi) is 2.47. The van der Waals surface area contributed by atoms with E-state index in [9.17, 15) is 5.11 Å². The minimum atomic E-state index is 0.281. The molecule has 1 aliphatic heterocycles. The predicted molar refractivity (Wildman–Crippen MR) is 67.7 cm³/mol. The maximum atomic E-state index is 9.52. The molecule has 0 unspecified atom stereocenters. The molecule has 1 aromatic heterocycles. The summed E-state index contributed by atoms with van der Waals surface area (Å²) in [4.78, 5) is 6.62. The lowest BCUT2D eigenvalue weighted by molar-refractivity contribution is 0.0571. The van der Waals surface area contributed by atoms with Crippen molar-refractivity contribution in [3.63, 3.8) is 0 Å². The second kappa shape index (κ2) is 3.88. The van der Waals surface area contributed by atoms with Crippen molar-refractivity contribution >= 4 is 11.5 Å². The van der Waals surface area contributed by atoms with E-state index in [2.05, 4.69) is 9.88 Å². The van der Waals surface area contributed by atoms with E-state index in [-0.39, 0.29) is 6.61 Å². The summed E-state index contributed by atoms with van der Waals surface area (Å²) in [5.74, 6) is 1.27. The Balaban J connectivity index is 1.85. The van der Waals surface area contributed by atoms with Gasteiger partial charge in [0.1, 0.15) is 0 Å². The van der Waals surface area contributed by atoms with Crippen LogP contribution >= 0.6 is 0 Å². The van der Waals surface area contributed by atoms with Crippen LogP contribution in [0.5, 0.6) is 0 Å². The molecule has 17 heavy (non-hydrogen) atoms. The van der Waals surface area contributed by atoms with Crippen LogP contribution in [0.1, 0.15) is 19.3 Å². The zero-order valence-electron chi connectivity index (χ0n) is 9.97. The van der Waals surface area contributed by atoms with Gasteiger partial charge in [-0.05, 0) is 30.4 Å². The van der Waals surface area contributed by atoms with E-state index >= 15 is 0 Å². The van der Waals surface area contributed by atoms with Gasteiger partial charge >= 0.3 is 0 Å². The number of nitrogens with two attached hydrogens (primary N) is 1. The van der Waals surface area contributed by atoms with Crippen molar-refractivity contribution in [1.82, 2.24) is 4.98 Å². The van der Waals surface area contributed by atoms with Crippen LogP contribution in [-0.4, -0.2) is 29.8 Å². The molecule has 4 nitrogen and oxygen atoms in total. The molecule has 1 atom stereocenters. The molecule has 2 aliphatic rings. The number of aliphatic hydroxyl groups excluding tert-OH is 1. The summed E-state index contributed by atoms with van der Waals surface area (Å²) in [6.45, 7) is 2.17. The quantitative estimate of drug-likeness (QED) is 0.807. The molecule has 3 rings (SSSR count). The SMILES string of the molecule is Nc1cccnc1N1C[C@H](CO)C2(CCC2)C1. The molecule has 2 heterocycles. The Hall–Kier alpha value is -1.29. The van der Waals surface area contributed by atoms with E-state index < -0.39 is 0 Å². The highest BCUT2D eigenvalue weighted by Gasteiger charge is 2.50. The van der Waals surface area contributed by atoms with Gasteiger partial charge in [0.15, 0.2) is 5.82 Å². The summed E-state index contributed by atoms with van der Waals surface area (Å²) in [6.07, 6.45) is 5.55. The maximum absolute atomic E-state index is 9.52. The standard InChI is InChI=1S/C13H19N3O/c14-11-3-1-6-15-12(11)16-7-10(8-17)13(9-16)4-2-5-13/h1,3,6,10,17H,2,4-5,7-9,14H2/t10-/m1/s1. The molecule has 1 saturated heterocycles. The van der Waals surface area contributed by atoms with Gasteiger partial charge in [-0.25, -0.2) is 4.98 Å². The molecule has 1 spiro atoms. The third kappa shape index (κ3) is 1.59. The van der Waals surface area contributed by atoms with Crippen LogP contribution in [0.15, 0.2) is 18.3 Å². The van der Waals surface area contributed by atoms with Crippen molar-refractivity contribution in [3.8, 4) is 0 Å². The molecule has 2 fully saturated rings. The first-order valence-corrected chi connectivity index (χ1v) is 6.31. The fourth-order valence-electron chi connectivity index (χ4n) is 3.32. The Morgan fingerprint density at radius 1 is 1.53 bits per heavy atom. The Bertz CT molecular complexity index is 417. The summed E-state index contributed by atoms with van der Waals surface area (Å²) in [7, 11) is 0. The summed E-state index contributed by atoms with van der Waals surface area (Å²) in [5.41, 5.74) is 7.04. The first-order chi connectivity index (χ1) is 8.25. The van der Waals surface area contributed by atoms with Crippen molar-refractivity contribution in [1.29, 1.82) is 0 Å². The van der Waals surface area contributed by atoms with Crippen LogP contribution in [0.25, 0.3) is 0 Å². The van der Waals surface area contributed by atoms with Gasteiger partial charge in [0, 0.05) is 31.8 Å². The molecular formula is C13H19N3O. The first-order valence-electron chi connectivity index (χ1n) is 6.31. The molecule has 0 radical (unpaired) electrons. The van der Waals surface area contributed by atoms with Crippen LogP contribution in [0.4, 0.5) is 11.5 Å². The van der Waals surface area contributed by atoms with E-state index in [0.29, 0.717) is 11.3 Å². The van der Waals surface area contributed by atoms with E-state index in [0.717, 1.165) is 24.6 Å². The van der Waals surface area contributed by atoms with Crippen LogP contribution in [0.3, 0.4) is 0 Å². The number of hydrogen-bond donors (Lipinski definition) is 2. The second-order valence-electron chi connectivity index (χ2n) is 5.39. The van der Waals surface area contributed by atoms with Crippen molar-refractivity contribution in [2.24, 2.45) is 11.3 Å². The highest BCUT2D eigenvalue weighted by atomic mass is 16.3. The summed E-state index contributed by atoms with van der Waals surface area (Å²) >= 11 is 0. The minimum Gasteiger partial charge on any atom is -0.396 e. The van der Waals surface area contributed by atoms with Crippen molar-refractivity contribution < 1.29 is 5.11 Å². The van der Waals surface area contributed by atoms with Gasteiger partial charge < -0.3 is 15.7 Å². The zero-order chi connectivity index (χ0) is 11.9. The molecule has 1 aliphatic carbocycles.